The number of esters is 1. The van der Waals surface area contributed by atoms with Gasteiger partial charge in [0.1, 0.15) is 6.61 Å². The highest BCUT2D eigenvalue weighted by Gasteiger charge is 2.33. The number of aromatic nitrogens is 1. The SMILES string of the molecule is CCOc1cc(C=c2sc3n(c2=O)C(c2ccc(Cl)cc2)C(C(=O)OCCOC)=C(C)N=3)ccc1OCC(N)=O. The van der Waals surface area contributed by atoms with E-state index in [4.69, 9.17) is 36.3 Å². The summed E-state index contributed by atoms with van der Waals surface area (Å²) in [5, 5.41) is 0.523. The number of carbonyl (C=O) groups is 2. The number of carbonyl (C=O) groups excluding carboxylic acids is 2. The van der Waals surface area contributed by atoms with Gasteiger partial charge in [0.2, 0.25) is 0 Å². The Balaban J connectivity index is 1.81. The van der Waals surface area contributed by atoms with E-state index in [1.165, 1.54) is 23.0 Å². The summed E-state index contributed by atoms with van der Waals surface area (Å²) >= 11 is 7.32. The third-order valence-electron chi connectivity index (χ3n) is 5.88. The van der Waals surface area contributed by atoms with Crippen molar-refractivity contribution in [3.8, 4) is 11.5 Å². The maximum Gasteiger partial charge on any atom is 0.338 e. The van der Waals surface area contributed by atoms with Crippen molar-refractivity contribution in [3.05, 3.63) is 89.6 Å². The standard InChI is InChI=1S/C28H28ClN3O7S/c1-4-37-21-13-17(5-10-20(21)39-15-23(30)33)14-22-26(34)32-25(18-6-8-19(29)9-7-18)24(16(2)31-28(32)40-22)27(35)38-12-11-36-3/h5-10,13-14,25H,4,11-12,15H2,1-3H3,(H2,30,33). The van der Waals surface area contributed by atoms with Crippen LogP contribution in [-0.2, 0) is 19.1 Å². The molecular formula is C28H28ClN3O7S. The molecule has 0 fully saturated rings. The molecule has 0 radical (unpaired) electrons. The molecule has 40 heavy (non-hydrogen) atoms. The lowest BCUT2D eigenvalue weighted by molar-refractivity contribution is -0.140. The Morgan fingerprint density at radius 3 is 2.55 bits per heavy atom. The molecule has 1 unspecified atom stereocenters. The first-order valence-corrected chi connectivity index (χ1v) is 13.5. The molecule has 1 amide bonds. The molecule has 1 atom stereocenters. The number of thiazole rings is 1. The van der Waals surface area contributed by atoms with Crippen LogP contribution in [0.2, 0.25) is 5.02 Å². The summed E-state index contributed by atoms with van der Waals surface area (Å²) in [7, 11) is 1.51. The molecule has 12 heteroatoms. The molecule has 0 spiro atoms. The van der Waals surface area contributed by atoms with Crippen molar-refractivity contribution in [2.75, 3.05) is 33.5 Å². The summed E-state index contributed by atoms with van der Waals surface area (Å²) in [6, 6.07) is 11.3. The highest BCUT2D eigenvalue weighted by molar-refractivity contribution is 7.07. The van der Waals surface area contributed by atoms with Crippen LogP contribution in [0.1, 0.15) is 31.0 Å². The molecule has 2 heterocycles. The summed E-state index contributed by atoms with van der Waals surface area (Å²) in [4.78, 5) is 43.2. The Morgan fingerprint density at radius 2 is 1.88 bits per heavy atom. The normalized spacial score (nSPS) is 14.9. The zero-order chi connectivity index (χ0) is 28.8. The van der Waals surface area contributed by atoms with Gasteiger partial charge in [0.05, 0.1) is 35.1 Å². The second-order valence-electron chi connectivity index (χ2n) is 8.66. The summed E-state index contributed by atoms with van der Waals surface area (Å²) < 4.78 is 23.4. The number of benzene rings is 2. The monoisotopic (exact) mass is 585 g/mol. The van der Waals surface area contributed by atoms with Gasteiger partial charge in [-0.05, 0) is 55.3 Å². The molecular weight excluding hydrogens is 558 g/mol. The topological polar surface area (TPSA) is 131 Å². The Bertz CT molecular complexity index is 1630. The fourth-order valence-electron chi connectivity index (χ4n) is 4.14. The fraction of sp³-hybridized carbons (Fsp3) is 0.286. The zero-order valence-electron chi connectivity index (χ0n) is 22.1. The van der Waals surface area contributed by atoms with E-state index in [1.807, 2.05) is 6.92 Å². The number of allylic oxidation sites excluding steroid dienone is 1. The molecule has 1 aliphatic rings. The molecule has 2 aromatic carbocycles. The van der Waals surface area contributed by atoms with Crippen LogP contribution in [-0.4, -0.2) is 50.0 Å². The van der Waals surface area contributed by atoms with E-state index in [0.717, 1.165) is 0 Å². The van der Waals surface area contributed by atoms with Gasteiger partial charge in [-0.25, -0.2) is 9.79 Å². The summed E-state index contributed by atoms with van der Waals surface area (Å²) in [5.41, 5.74) is 6.91. The minimum Gasteiger partial charge on any atom is -0.490 e. The number of rotatable bonds is 11. The second-order valence-corrected chi connectivity index (χ2v) is 10.1. The third kappa shape index (κ3) is 6.44. The van der Waals surface area contributed by atoms with Crippen LogP contribution in [0.4, 0.5) is 0 Å². The first-order valence-electron chi connectivity index (χ1n) is 12.4. The number of fused-ring (bicyclic) bond motifs is 1. The Kier molecular flexibility index (Phi) is 9.41. The van der Waals surface area contributed by atoms with Crippen molar-refractivity contribution in [1.29, 1.82) is 0 Å². The van der Waals surface area contributed by atoms with E-state index in [9.17, 15) is 14.4 Å². The highest BCUT2D eigenvalue weighted by Crippen LogP contribution is 2.32. The Morgan fingerprint density at radius 1 is 1.12 bits per heavy atom. The van der Waals surface area contributed by atoms with Crippen molar-refractivity contribution in [2.45, 2.75) is 19.9 Å². The number of hydrogen-bond donors (Lipinski definition) is 1. The molecule has 2 N–H and O–H groups in total. The van der Waals surface area contributed by atoms with Gasteiger partial charge in [-0.2, -0.15) is 0 Å². The number of ether oxygens (including phenoxy) is 4. The largest absolute Gasteiger partial charge is 0.490 e. The van der Waals surface area contributed by atoms with E-state index in [1.54, 1.807) is 55.5 Å². The molecule has 0 aliphatic carbocycles. The first kappa shape index (κ1) is 29.1. The van der Waals surface area contributed by atoms with Crippen molar-refractivity contribution >= 4 is 40.9 Å². The number of halogens is 1. The molecule has 0 bridgehead atoms. The van der Waals surface area contributed by atoms with Gasteiger partial charge in [0.15, 0.2) is 22.9 Å². The average molecular weight is 586 g/mol. The predicted octanol–water partition coefficient (Wildman–Crippen LogP) is 2.34. The van der Waals surface area contributed by atoms with Crippen LogP contribution in [0.25, 0.3) is 6.08 Å². The maximum atomic E-state index is 13.8. The van der Waals surface area contributed by atoms with Gasteiger partial charge in [-0.1, -0.05) is 41.1 Å². The van der Waals surface area contributed by atoms with E-state index >= 15 is 0 Å². The lowest BCUT2D eigenvalue weighted by atomic mass is 9.96. The molecule has 1 aliphatic heterocycles. The number of nitrogens with two attached hydrogens (primary N) is 1. The van der Waals surface area contributed by atoms with Gasteiger partial charge in [0, 0.05) is 12.1 Å². The first-order chi connectivity index (χ1) is 19.2. The molecule has 0 saturated heterocycles. The average Bonchev–Trinajstić information content (AvgIpc) is 3.22. The van der Waals surface area contributed by atoms with E-state index in [0.29, 0.717) is 49.3 Å². The van der Waals surface area contributed by atoms with Crippen LogP contribution in [0, 0.1) is 0 Å². The number of amides is 1. The highest BCUT2D eigenvalue weighted by atomic mass is 35.5. The molecule has 1 aromatic heterocycles. The molecule has 4 rings (SSSR count). The molecule has 210 valence electrons. The lowest BCUT2D eigenvalue weighted by Crippen LogP contribution is -2.40. The Labute approximate surface area is 238 Å². The van der Waals surface area contributed by atoms with Crippen LogP contribution in [0.5, 0.6) is 11.5 Å². The minimum absolute atomic E-state index is 0.0607. The van der Waals surface area contributed by atoms with Gasteiger partial charge in [-0.15, -0.1) is 0 Å². The Hall–Kier alpha value is -3.93. The smallest absolute Gasteiger partial charge is 0.338 e. The minimum atomic E-state index is -0.769. The number of hydrogen-bond acceptors (Lipinski definition) is 9. The second kappa shape index (κ2) is 12.9. The number of methoxy groups -OCH3 is 1. The van der Waals surface area contributed by atoms with E-state index in [-0.39, 0.29) is 31.0 Å². The quantitative estimate of drug-likeness (QED) is 0.270. The predicted molar refractivity (Wildman–Crippen MR) is 150 cm³/mol. The molecule has 3 aromatic rings. The summed E-state index contributed by atoms with van der Waals surface area (Å²) in [5.74, 6) is -0.434. The van der Waals surface area contributed by atoms with Crippen LogP contribution < -0.4 is 30.1 Å². The van der Waals surface area contributed by atoms with Crippen LogP contribution >= 0.6 is 22.9 Å². The van der Waals surface area contributed by atoms with Crippen molar-refractivity contribution in [2.24, 2.45) is 10.7 Å². The summed E-state index contributed by atoms with van der Waals surface area (Å²) in [6.45, 7) is 3.90. The van der Waals surface area contributed by atoms with Gasteiger partial charge in [-0.3, -0.25) is 14.2 Å². The van der Waals surface area contributed by atoms with E-state index < -0.39 is 17.9 Å². The lowest BCUT2D eigenvalue weighted by Gasteiger charge is -2.24. The van der Waals surface area contributed by atoms with Crippen molar-refractivity contribution < 1.29 is 28.5 Å². The third-order valence-corrected chi connectivity index (χ3v) is 7.12. The van der Waals surface area contributed by atoms with Gasteiger partial charge < -0.3 is 24.7 Å². The van der Waals surface area contributed by atoms with Crippen LogP contribution in [0.15, 0.2) is 63.5 Å². The van der Waals surface area contributed by atoms with Gasteiger partial charge >= 0.3 is 5.97 Å². The number of nitrogens with zero attached hydrogens (tertiary/aromatic N) is 2. The van der Waals surface area contributed by atoms with Crippen molar-refractivity contribution in [3.63, 3.8) is 0 Å². The van der Waals surface area contributed by atoms with Crippen LogP contribution in [0.3, 0.4) is 0 Å². The fourth-order valence-corrected chi connectivity index (χ4v) is 5.31. The van der Waals surface area contributed by atoms with Crippen molar-refractivity contribution in [1.82, 2.24) is 4.57 Å². The molecule has 10 nitrogen and oxygen atoms in total. The summed E-state index contributed by atoms with van der Waals surface area (Å²) in [6.07, 6.45) is 1.71. The van der Waals surface area contributed by atoms with E-state index in [2.05, 4.69) is 4.99 Å². The number of primary amides is 1. The van der Waals surface area contributed by atoms with Gasteiger partial charge in [0.25, 0.3) is 11.5 Å². The molecule has 0 saturated carbocycles. The zero-order valence-corrected chi connectivity index (χ0v) is 23.7. The maximum absolute atomic E-state index is 13.8.